The van der Waals surface area contributed by atoms with Crippen LogP contribution in [0.3, 0.4) is 0 Å². The summed E-state index contributed by atoms with van der Waals surface area (Å²) in [7, 11) is 0. The Kier molecular flexibility index (Phi) is 4.95. The maximum Gasteiger partial charge on any atom is 0.433 e. The second kappa shape index (κ2) is 6.13. The van der Waals surface area contributed by atoms with Crippen LogP contribution < -0.4 is 5.73 Å². The molecular formula is C12H4Cl5F3N2. The highest BCUT2D eigenvalue weighted by atomic mass is 35.5. The topological polar surface area (TPSA) is 38.9 Å². The molecule has 0 unspecified atom stereocenters. The van der Waals surface area contributed by atoms with E-state index in [-0.39, 0.29) is 42.1 Å². The lowest BCUT2D eigenvalue weighted by Gasteiger charge is -2.14. The average molecular weight is 410 g/mol. The van der Waals surface area contributed by atoms with E-state index in [9.17, 15) is 13.2 Å². The maximum absolute atomic E-state index is 12.8. The molecule has 10 heteroatoms. The summed E-state index contributed by atoms with van der Waals surface area (Å²) in [6.45, 7) is 0. The zero-order chi connectivity index (χ0) is 16.8. The van der Waals surface area contributed by atoms with Crippen molar-refractivity contribution in [1.29, 1.82) is 0 Å². The highest BCUT2D eigenvalue weighted by Crippen LogP contribution is 2.48. The minimum absolute atomic E-state index is 0.0117. The Morgan fingerprint density at radius 2 is 1.27 bits per heavy atom. The lowest BCUT2D eigenvalue weighted by molar-refractivity contribution is -0.141. The first-order valence-corrected chi connectivity index (χ1v) is 7.29. The van der Waals surface area contributed by atoms with Gasteiger partial charge in [0, 0.05) is 5.56 Å². The van der Waals surface area contributed by atoms with Crippen molar-refractivity contribution < 1.29 is 13.2 Å². The van der Waals surface area contributed by atoms with Crippen LogP contribution in [-0.2, 0) is 6.18 Å². The van der Waals surface area contributed by atoms with E-state index in [0.29, 0.717) is 0 Å². The smallest absolute Gasteiger partial charge is 0.384 e. The first-order valence-electron chi connectivity index (χ1n) is 5.40. The Hall–Kier alpha value is -0.590. The van der Waals surface area contributed by atoms with Gasteiger partial charge in [0.25, 0.3) is 0 Å². The Bertz CT molecular complexity index is 732. The van der Waals surface area contributed by atoms with Gasteiger partial charge in [-0.1, -0.05) is 58.0 Å². The first kappa shape index (κ1) is 17.8. The highest BCUT2D eigenvalue weighted by Gasteiger charge is 2.34. The van der Waals surface area contributed by atoms with Gasteiger partial charge >= 0.3 is 6.18 Å². The summed E-state index contributed by atoms with van der Waals surface area (Å²) in [5, 5.41) is -0.631. The molecule has 0 amide bonds. The molecule has 0 saturated carbocycles. The van der Waals surface area contributed by atoms with Crippen LogP contribution in [0.15, 0.2) is 12.1 Å². The average Bonchev–Trinajstić information content (AvgIpc) is 2.42. The van der Waals surface area contributed by atoms with Crippen LogP contribution in [0.4, 0.5) is 19.0 Å². The zero-order valence-electron chi connectivity index (χ0n) is 10.2. The van der Waals surface area contributed by atoms with Crippen LogP contribution in [0.25, 0.3) is 11.1 Å². The number of alkyl halides is 3. The molecule has 0 saturated heterocycles. The van der Waals surface area contributed by atoms with E-state index in [1.165, 1.54) is 6.07 Å². The number of halogens is 8. The van der Waals surface area contributed by atoms with Gasteiger partial charge in [-0.3, -0.25) is 0 Å². The Morgan fingerprint density at radius 3 is 1.73 bits per heavy atom. The minimum atomic E-state index is -4.69. The largest absolute Gasteiger partial charge is 0.433 e. The molecule has 2 aromatic rings. The monoisotopic (exact) mass is 408 g/mol. The normalized spacial score (nSPS) is 11.8. The lowest BCUT2D eigenvalue weighted by atomic mass is 10.0. The number of nitrogen functional groups attached to an aromatic ring is 1. The molecule has 2 nitrogen and oxygen atoms in total. The third-order valence-corrected chi connectivity index (χ3v) is 4.91. The predicted molar refractivity (Wildman–Crippen MR) is 84.1 cm³/mol. The number of benzene rings is 1. The number of rotatable bonds is 1. The molecule has 2 rings (SSSR count). The number of anilines is 1. The SMILES string of the molecule is Nc1cc(-c2c(Cl)c(Cl)c(Cl)c(Cl)c2Cl)cc(C(F)(F)F)n1. The fourth-order valence-corrected chi connectivity index (χ4v) is 3.06. The van der Waals surface area contributed by atoms with E-state index < -0.39 is 11.9 Å². The fourth-order valence-electron chi connectivity index (χ4n) is 1.70. The van der Waals surface area contributed by atoms with Crippen molar-refractivity contribution in [2.75, 3.05) is 5.73 Å². The quantitative estimate of drug-likeness (QED) is 0.424. The van der Waals surface area contributed by atoms with Gasteiger partial charge in [0.05, 0.1) is 25.1 Å². The summed E-state index contributed by atoms with van der Waals surface area (Å²) in [6.07, 6.45) is -4.69. The van der Waals surface area contributed by atoms with Crippen molar-refractivity contribution >= 4 is 63.8 Å². The Balaban J connectivity index is 2.81. The van der Waals surface area contributed by atoms with Crippen LogP contribution in [0.2, 0.25) is 25.1 Å². The van der Waals surface area contributed by atoms with Crippen LogP contribution in [0.1, 0.15) is 5.69 Å². The standard InChI is InChI=1S/C12H4Cl5F3N2/c13-7-6(8(14)10(16)11(17)9(7)15)3-1-4(12(18,19)20)22-5(21)2-3/h1-2H,(H2,21,22). The van der Waals surface area contributed by atoms with Crippen LogP contribution in [0.5, 0.6) is 0 Å². The number of pyridine rings is 1. The molecule has 0 spiro atoms. The second-order valence-electron chi connectivity index (χ2n) is 4.11. The summed E-state index contributed by atoms with van der Waals surface area (Å²) in [5.41, 5.74) is 4.17. The molecule has 0 bridgehead atoms. The Morgan fingerprint density at radius 1 is 0.818 bits per heavy atom. The fraction of sp³-hybridized carbons (Fsp3) is 0.0833. The predicted octanol–water partition coefficient (Wildman–Crippen LogP) is 6.62. The van der Waals surface area contributed by atoms with E-state index in [4.69, 9.17) is 63.7 Å². The lowest BCUT2D eigenvalue weighted by Crippen LogP contribution is -2.09. The molecule has 118 valence electrons. The summed E-state index contributed by atoms with van der Waals surface area (Å²) in [4.78, 5) is 3.23. The molecule has 0 atom stereocenters. The van der Waals surface area contributed by atoms with Gasteiger partial charge < -0.3 is 5.73 Å². The van der Waals surface area contributed by atoms with Gasteiger partial charge in [0.15, 0.2) is 0 Å². The second-order valence-corrected chi connectivity index (χ2v) is 6.00. The summed E-state index contributed by atoms with van der Waals surface area (Å²) >= 11 is 29.7. The van der Waals surface area contributed by atoms with Crippen LogP contribution >= 0.6 is 58.0 Å². The van der Waals surface area contributed by atoms with Gasteiger partial charge in [0.2, 0.25) is 0 Å². The third-order valence-electron chi connectivity index (χ3n) is 2.63. The number of aromatic nitrogens is 1. The van der Waals surface area contributed by atoms with Crippen molar-refractivity contribution in [3.8, 4) is 11.1 Å². The number of nitrogens with zero attached hydrogens (tertiary/aromatic N) is 1. The van der Waals surface area contributed by atoms with Gasteiger partial charge in [0.1, 0.15) is 11.5 Å². The summed E-state index contributed by atoms with van der Waals surface area (Å²) in [6, 6.07) is 1.91. The molecule has 2 N–H and O–H groups in total. The molecule has 0 aliphatic carbocycles. The van der Waals surface area contributed by atoms with E-state index in [1.807, 2.05) is 0 Å². The van der Waals surface area contributed by atoms with E-state index >= 15 is 0 Å². The van der Waals surface area contributed by atoms with E-state index in [1.54, 1.807) is 0 Å². The molecule has 1 aromatic heterocycles. The molecule has 0 radical (unpaired) electrons. The van der Waals surface area contributed by atoms with Gasteiger partial charge in [-0.05, 0) is 17.7 Å². The molecule has 0 aliphatic heterocycles. The molecular weight excluding hydrogens is 406 g/mol. The van der Waals surface area contributed by atoms with Gasteiger partial charge in [-0.15, -0.1) is 0 Å². The Labute approximate surface area is 147 Å². The zero-order valence-corrected chi connectivity index (χ0v) is 14.0. The van der Waals surface area contributed by atoms with Crippen LogP contribution in [0, 0.1) is 0 Å². The molecule has 1 heterocycles. The molecule has 0 fully saturated rings. The van der Waals surface area contributed by atoms with Crippen LogP contribution in [-0.4, -0.2) is 4.98 Å². The van der Waals surface area contributed by atoms with E-state index in [0.717, 1.165) is 6.07 Å². The van der Waals surface area contributed by atoms with Gasteiger partial charge in [-0.2, -0.15) is 13.2 Å². The third kappa shape index (κ3) is 3.19. The molecule has 0 aliphatic rings. The van der Waals surface area contributed by atoms with E-state index in [2.05, 4.69) is 4.98 Å². The minimum Gasteiger partial charge on any atom is -0.384 e. The van der Waals surface area contributed by atoms with Crippen molar-refractivity contribution in [3.05, 3.63) is 42.9 Å². The van der Waals surface area contributed by atoms with Gasteiger partial charge in [-0.25, -0.2) is 4.98 Å². The highest BCUT2D eigenvalue weighted by molar-refractivity contribution is 6.56. The van der Waals surface area contributed by atoms with Crippen molar-refractivity contribution in [3.63, 3.8) is 0 Å². The number of hydrogen-bond donors (Lipinski definition) is 1. The number of nitrogens with two attached hydrogens (primary N) is 1. The maximum atomic E-state index is 12.8. The van der Waals surface area contributed by atoms with Crippen molar-refractivity contribution in [1.82, 2.24) is 4.98 Å². The molecule has 22 heavy (non-hydrogen) atoms. The molecule has 1 aromatic carbocycles. The van der Waals surface area contributed by atoms with Crippen molar-refractivity contribution in [2.45, 2.75) is 6.18 Å². The summed E-state index contributed by atoms with van der Waals surface area (Å²) < 4.78 is 38.5. The van der Waals surface area contributed by atoms with Crippen molar-refractivity contribution in [2.24, 2.45) is 0 Å². The first-order chi connectivity index (χ1) is 10.0. The summed E-state index contributed by atoms with van der Waals surface area (Å²) in [5.74, 6) is -0.362. The number of hydrogen-bond acceptors (Lipinski definition) is 2.